The molecular weight excluding hydrogens is 214 g/mol. The van der Waals surface area contributed by atoms with E-state index in [-0.39, 0.29) is 18.3 Å². The number of amidine groups is 1. The van der Waals surface area contributed by atoms with Crippen LogP contribution < -0.4 is 11.1 Å². The fraction of sp³-hybridized carbons (Fsp3) is 0.333. The Balaban J connectivity index is 2.35. The Labute approximate surface area is 91.9 Å². The van der Waals surface area contributed by atoms with Crippen molar-refractivity contribution in [3.63, 3.8) is 0 Å². The number of oxime groups is 1. The van der Waals surface area contributed by atoms with Crippen molar-refractivity contribution in [2.75, 3.05) is 13.2 Å². The van der Waals surface area contributed by atoms with Gasteiger partial charge in [0.05, 0.1) is 4.88 Å². The minimum Gasteiger partial charge on any atom is -0.384 e. The van der Waals surface area contributed by atoms with Crippen LogP contribution in [0.2, 0.25) is 0 Å². The molecule has 0 aliphatic rings. The lowest BCUT2D eigenvalue weighted by atomic mass is 10.4. The number of nitrogens with one attached hydrogen (secondary N) is 1. The van der Waals surface area contributed by atoms with Crippen molar-refractivity contribution in [2.45, 2.75) is 6.92 Å². The van der Waals surface area contributed by atoms with Crippen LogP contribution in [0.1, 0.15) is 11.8 Å². The Morgan fingerprint density at radius 1 is 1.73 bits per heavy atom. The number of nitrogens with zero attached hydrogens (tertiary/aromatic N) is 1. The van der Waals surface area contributed by atoms with E-state index in [1.807, 2.05) is 24.4 Å². The van der Waals surface area contributed by atoms with Crippen LogP contribution in [0.15, 0.2) is 22.7 Å². The summed E-state index contributed by atoms with van der Waals surface area (Å²) in [5.74, 6) is 0.0783. The first-order valence-electron chi connectivity index (χ1n) is 4.50. The summed E-state index contributed by atoms with van der Waals surface area (Å²) in [6.45, 7) is 2.30. The summed E-state index contributed by atoms with van der Waals surface area (Å²) in [5.41, 5.74) is 5.60. The van der Waals surface area contributed by atoms with Gasteiger partial charge in [-0.25, -0.2) is 0 Å². The van der Waals surface area contributed by atoms with E-state index >= 15 is 0 Å². The van der Waals surface area contributed by atoms with Gasteiger partial charge in [0, 0.05) is 6.54 Å². The fourth-order valence-corrected chi connectivity index (χ4v) is 1.50. The molecular formula is C9H13N3O2S. The lowest BCUT2D eigenvalue weighted by Gasteiger charge is -2.00. The monoisotopic (exact) mass is 227 g/mol. The molecule has 82 valence electrons. The van der Waals surface area contributed by atoms with Gasteiger partial charge in [0.2, 0.25) is 0 Å². The van der Waals surface area contributed by atoms with Crippen LogP contribution in [0.4, 0.5) is 0 Å². The van der Waals surface area contributed by atoms with E-state index < -0.39 is 0 Å². The zero-order chi connectivity index (χ0) is 11.1. The molecule has 0 fully saturated rings. The molecule has 1 amide bonds. The Morgan fingerprint density at radius 3 is 3.13 bits per heavy atom. The second-order valence-corrected chi connectivity index (χ2v) is 3.63. The molecule has 0 spiro atoms. The van der Waals surface area contributed by atoms with E-state index in [9.17, 15) is 4.79 Å². The summed E-state index contributed by atoms with van der Waals surface area (Å²) < 4.78 is 0. The predicted molar refractivity (Wildman–Crippen MR) is 59.7 cm³/mol. The Morgan fingerprint density at radius 2 is 2.53 bits per heavy atom. The van der Waals surface area contributed by atoms with Crippen LogP contribution in [-0.4, -0.2) is 24.9 Å². The highest BCUT2D eigenvalue weighted by atomic mass is 32.1. The average Bonchev–Trinajstić information content (AvgIpc) is 2.70. The fourth-order valence-electron chi connectivity index (χ4n) is 0.878. The molecule has 1 rings (SSSR count). The second kappa shape index (κ2) is 6.02. The summed E-state index contributed by atoms with van der Waals surface area (Å²) in [6, 6.07) is 3.70. The first-order valence-corrected chi connectivity index (χ1v) is 5.38. The molecule has 1 aromatic heterocycles. The van der Waals surface area contributed by atoms with Crippen LogP contribution in [-0.2, 0) is 9.63 Å². The standard InChI is InChI=1S/C9H13N3O2S/c1-2-11-8(13)6-14-12-9(10)7-4-3-5-15-7/h3-5H,2,6H2,1H3,(H2,10,12)(H,11,13). The highest BCUT2D eigenvalue weighted by Crippen LogP contribution is 2.07. The van der Waals surface area contributed by atoms with Gasteiger partial charge in [-0.05, 0) is 18.4 Å². The van der Waals surface area contributed by atoms with Crippen LogP contribution in [0.5, 0.6) is 0 Å². The Hall–Kier alpha value is -1.56. The number of likely N-dealkylation sites (N-methyl/N-ethyl adjacent to an activating group) is 1. The van der Waals surface area contributed by atoms with Crippen molar-refractivity contribution in [1.82, 2.24) is 5.32 Å². The zero-order valence-electron chi connectivity index (χ0n) is 8.40. The maximum absolute atomic E-state index is 11.0. The smallest absolute Gasteiger partial charge is 0.260 e. The van der Waals surface area contributed by atoms with E-state index in [2.05, 4.69) is 10.5 Å². The first-order chi connectivity index (χ1) is 7.24. The lowest BCUT2D eigenvalue weighted by Crippen LogP contribution is -2.26. The van der Waals surface area contributed by atoms with E-state index in [0.29, 0.717) is 6.54 Å². The molecule has 3 N–H and O–H groups in total. The van der Waals surface area contributed by atoms with Crippen LogP contribution in [0.25, 0.3) is 0 Å². The summed E-state index contributed by atoms with van der Waals surface area (Å²) >= 11 is 1.46. The van der Waals surface area contributed by atoms with E-state index in [1.165, 1.54) is 11.3 Å². The molecule has 1 aromatic rings. The number of hydrogen-bond donors (Lipinski definition) is 2. The molecule has 0 aromatic carbocycles. The number of carbonyl (C=O) groups is 1. The Bertz CT molecular complexity index is 335. The SMILES string of the molecule is CCNC(=O)CO/N=C(\N)c1cccs1. The van der Waals surface area contributed by atoms with Gasteiger partial charge in [-0.15, -0.1) is 11.3 Å². The maximum Gasteiger partial charge on any atom is 0.260 e. The summed E-state index contributed by atoms with van der Waals surface area (Å²) in [5, 5.41) is 8.11. The van der Waals surface area contributed by atoms with Crippen molar-refractivity contribution in [1.29, 1.82) is 0 Å². The second-order valence-electron chi connectivity index (χ2n) is 2.68. The zero-order valence-corrected chi connectivity index (χ0v) is 9.21. The molecule has 0 unspecified atom stereocenters. The van der Waals surface area contributed by atoms with Crippen LogP contribution >= 0.6 is 11.3 Å². The summed E-state index contributed by atoms with van der Waals surface area (Å²) in [4.78, 5) is 16.6. The quantitative estimate of drug-likeness (QED) is 0.437. The van der Waals surface area contributed by atoms with Gasteiger partial charge in [0.15, 0.2) is 12.4 Å². The van der Waals surface area contributed by atoms with E-state index in [1.54, 1.807) is 0 Å². The summed E-state index contributed by atoms with van der Waals surface area (Å²) in [7, 11) is 0. The number of nitrogens with two attached hydrogens (primary N) is 1. The molecule has 1 heterocycles. The third-order valence-corrected chi connectivity index (χ3v) is 2.40. The van der Waals surface area contributed by atoms with E-state index in [4.69, 9.17) is 10.6 Å². The molecule has 0 atom stereocenters. The predicted octanol–water partition coefficient (Wildman–Crippen LogP) is 0.521. The lowest BCUT2D eigenvalue weighted by molar-refractivity contribution is -0.125. The molecule has 0 radical (unpaired) electrons. The van der Waals surface area contributed by atoms with E-state index in [0.717, 1.165) is 4.88 Å². The van der Waals surface area contributed by atoms with Crippen molar-refractivity contribution < 1.29 is 9.63 Å². The number of hydrogen-bond acceptors (Lipinski definition) is 4. The topological polar surface area (TPSA) is 76.7 Å². The van der Waals surface area contributed by atoms with Crippen molar-refractivity contribution in [3.05, 3.63) is 22.4 Å². The first kappa shape index (κ1) is 11.5. The Kier molecular flexibility index (Phi) is 4.62. The minimum atomic E-state index is -0.208. The maximum atomic E-state index is 11.0. The average molecular weight is 227 g/mol. The van der Waals surface area contributed by atoms with Gasteiger partial charge in [-0.1, -0.05) is 11.2 Å². The number of amides is 1. The number of thiophene rings is 1. The molecule has 5 nitrogen and oxygen atoms in total. The molecule has 0 bridgehead atoms. The third-order valence-electron chi connectivity index (χ3n) is 1.51. The molecule has 15 heavy (non-hydrogen) atoms. The third kappa shape index (κ3) is 3.99. The van der Waals surface area contributed by atoms with Crippen molar-refractivity contribution in [2.24, 2.45) is 10.9 Å². The molecule has 0 aliphatic carbocycles. The van der Waals surface area contributed by atoms with Crippen LogP contribution in [0, 0.1) is 0 Å². The van der Waals surface area contributed by atoms with Crippen molar-refractivity contribution in [3.8, 4) is 0 Å². The van der Waals surface area contributed by atoms with Gasteiger partial charge >= 0.3 is 0 Å². The van der Waals surface area contributed by atoms with Gasteiger partial charge < -0.3 is 15.9 Å². The van der Waals surface area contributed by atoms with Gasteiger partial charge in [0.1, 0.15) is 0 Å². The largest absolute Gasteiger partial charge is 0.384 e. The molecule has 0 saturated heterocycles. The molecule has 0 saturated carbocycles. The van der Waals surface area contributed by atoms with Gasteiger partial charge in [-0.2, -0.15) is 0 Å². The highest BCUT2D eigenvalue weighted by molar-refractivity contribution is 7.12. The molecule has 6 heteroatoms. The summed E-state index contributed by atoms with van der Waals surface area (Å²) in [6.07, 6.45) is 0. The highest BCUT2D eigenvalue weighted by Gasteiger charge is 2.01. The van der Waals surface area contributed by atoms with Gasteiger partial charge in [0.25, 0.3) is 5.91 Å². The number of rotatable bonds is 5. The normalized spacial score (nSPS) is 11.1. The van der Waals surface area contributed by atoms with Gasteiger partial charge in [-0.3, -0.25) is 4.79 Å². The van der Waals surface area contributed by atoms with Crippen molar-refractivity contribution >= 4 is 23.1 Å². The molecule has 0 aliphatic heterocycles. The van der Waals surface area contributed by atoms with Crippen LogP contribution in [0.3, 0.4) is 0 Å². The number of carbonyl (C=O) groups excluding carboxylic acids is 1. The minimum absolute atomic E-state index is 0.111.